The summed E-state index contributed by atoms with van der Waals surface area (Å²) in [7, 11) is 0. The second-order valence-corrected chi connectivity index (χ2v) is 5.58. The molecule has 0 aromatic carbocycles. The third kappa shape index (κ3) is 5.53. The molecular weight excluding hydrogens is 214 g/mol. The van der Waals surface area contributed by atoms with Gasteiger partial charge in [-0.3, -0.25) is 4.79 Å². The monoisotopic (exact) mass is 241 g/mol. The number of amides is 1. The summed E-state index contributed by atoms with van der Waals surface area (Å²) in [5.41, 5.74) is -0.656. The van der Waals surface area contributed by atoms with Crippen LogP contribution in [0.1, 0.15) is 65.2 Å². The highest BCUT2D eigenvalue weighted by atomic mass is 16.3. The number of β-amino-alcohol motifs (C(OH)–C–C–N with tert-alkyl or cyclic N) is 1. The minimum absolute atomic E-state index is 0.221. The number of carbonyl (C=O) groups excluding carboxylic acids is 1. The van der Waals surface area contributed by atoms with Crippen LogP contribution in [0.25, 0.3) is 0 Å². The molecule has 0 radical (unpaired) electrons. The smallest absolute Gasteiger partial charge is 0.222 e. The number of unbranched alkanes of at least 4 members (excludes halogenated alkanes) is 5. The van der Waals surface area contributed by atoms with Crippen LogP contribution in [0.15, 0.2) is 0 Å². The normalized spacial score (nSPS) is 24.3. The van der Waals surface area contributed by atoms with Crippen molar-refractivity contribution in [1.82, 2.24) is 4.90 Å². The predicted molar refractivity (Wildman–Crippen MR) is 69.8 cm³/mol. The lowest BCUT2D eigenvalue weighted by molar-refractivity contribution is -0.131. The Morgan fingerprint density at radius 1 is 1.24 bits per heavy atom. The minimum Gasteiger partial charge on any atom is -0.388 e. The number of carbonyl (C=O) groups is 1. The zero-order valence-corrected chi connectivity index (χ0v) is 11.4. The summed E-state index contributed by atoms with van der Waals surface area (Å²) in [6.45, 7) is 5.26. The van der Waals surface area contributed by atoms with Crippen molar-refractivity contribution in [3.05, 3.63) is 0 Å². The van der Waals surface area contributed by atoms with Crippen molar-refractivity contribution in [2.24, 2.45) is 0 Å². The van der Waals surface area contributed by atoms with Crippen molar-refractivity contribution in [1.29, 1.82) is 0 Å². The van der Waals surface area contributed by atoms with Crippen LogP contribution in [0.3, 0.4) is 0 Å². The van der Waals surface area contributed by atoms with E-state index in [0.717, 1.165) is 25.8 Å². The average molecular weight is 241 g/mol. The molecule has 1 rings (SSSR count). The van der Waals surface area contributed by atoms with E-state index in [1.54, 1.807) is 0 Å². The van der Waals surface area contributed by atoms with Crippen LogP contribution >= 0.6 is 0 Å². The highest BCUT2D eigenvalue weighted by Crippen LogP contribution is 2.21. The maximum Gasteiger partial charge on any atom is 0.222 e. The standard InChI is InChI=1S/C14H27NO2/c1-3-4-5-6-7-8-9-13(16)15-11-10-14(2,17)12-15/h17H,3-12H2,1-2H3. The highest BCUT2D eigenvalue weighted by molar-refractivity contribution is 5.76. The Labute approximate surface area is 105 Å². The van der Waals surface area contributed by atoms with E-state index in [0.29, 0.717) is 13.0 Å². The highest BCUT2D eigenvalue weighted by Gasteiger charge is 2.33. The van der Waals surface area contributed by atoms with Crippen molar-refractivity contribution >= 4 is 5.91 Å². The Bertz CT molecular complexity index is 238. The summed E-state index contributed by atoms with van der Waals surface area (Å²) in [6, 6.07) is 0. The molecule has 1 unspecified atom stereocenters. The number of rotatable bonds is 7. The van der Waals surface area contributed by atoms with Crippen LogP contribution in [0.4, 0.5) is 0 Å². The molecule has 0 saturated carbocycles. The molecule has 0 aliphatic carbocycles. The van der Waals surface area contributed by atoms with Gasteiger partial charge in [0.15, 0.2) is 0 Å². The van der Waals surface area contributed by atoms with Gasteiger partial charge in [-0.25, -0.2) is 0 Å². The zero-order valence-electron chi connectivity index (χ0n) is 11.4. The van der Waals surface area contributed by atoms with Crippen molar-refractivity contribution < 1.29 is 9.90 Å². The van der Waals surface area contributed by atoms with Crippen LogP contribution in [0.5, 0.6) is 0 Å². The first-order valence-electron chi connectivity index (χ1n) is 7.05. The second-order valence-electron chi connectivity index (χ2n) is 5.58. The summed E-state index contributed by atoms with van der Waals surface area (Å²) < 4.78 is 0. The molecule has 0 aromatic heterocycles. The fourth-order valence-corrected chi connectivity index (χ4v) is 2.37. The lowest BCUT2D eigenvalue weighted by Crippen LogP contribution is -2.33. The number of nitrogens with zero attached hydrogens (tertiary/aromatic N) is 1. The third-order valence-corrected chi connectivity index (χ3v) is 3.55. The van der Waals surface area contributed by atoms with Crippen LogP contribution in [-0.2, 0) is 4.79 Å². The molecule has 0 spiro atoms. The van der Waals surface area contributed by atoms with E-state index in [9.17, 15) is 9.90 Å². The van der Waals surface area contributed by atoms with Gasteiger partial charge in [-0.1, -0.05) is 39.0 Å². The molecule has 1 fully saturated rings. The molecule has 1 atom stereocenters. The molecule has 1 aliphatic heterocycles. The first-order chi connectivity index (χ1) is 8.05. The number of aliphatic hydroxyl groups is 1. The molecule has 0 aromatic rings. The molecular formula is C14H27NO2. The molecule has 3 heteroatoms. The van der Waals surface area contributed by atoms with Crippen molar-refractivity contribution in [3.8, 4) is 0 Å². The fourth-order valence-electron chi connectivity index (χ4n) is 2.37. The molecule has 17 heavy (non-hydrogen) atoms. The fraction of sp³-hybridized carbons (Fsp3) is 0.929. The number of hydrogen-bond acceptors (Lipinski definition) is 2. The molecule has 100 valence electrons. The molecule has 1 N–H and O–H groups in total. The van der Waals surface area contributed by atoms with E-state index in [-0.39, 0.29) is 5.91 Å². The summed E-state index contributed by atoms with van der Waals surface area (Å²) >= 11 is 0. The second kappa shape index (κ2) is 7.00. The Hall–Kier alpha value is -0.570. The van der Waals surface area contributed by atoms with Gasteiger partial charge in [0.25, 0.3) is 0 Å². The third-order valence-electron chi connectivity index (χ3n) is 3.55. The Morgan fingerprint density at radius 3 is 2.47 bits per heavy atom. The quantitative estimate of drug-likeness (QED) is 0.696. The van der Waals surface area contributed by atoms with Crippen molar-refractivity contribution in [2.45, 2.75) is 70.8 Å². The topological polar surface area (TPSA) is 40.5 Å². The molecule has 1 aliphatic rings. The van der Waals surface area contributed by atoms with Gasteiger partial charge in [0.05, 0.1) is 5.60 Å². The van der Waals surface area contributed by atoms with Gasteiger partial charge in [-0.15, -0.1) is 0 Å². The van der Waals surface area contributed by atoms with Gasteiger partial charge < -0.3 is 10.0 Å². The van der Waals surface area contributed by atoms with E-state index < -0.39 is 5.60 Å². The number of hydrogen-bond donors (Lipinski definition) is 1. The van der Waals surface area contributed by atoms with E-state index >= 15 is 0 Å². The Balaban J connectivity index is 2.06. The molecule has 1 amide bonds. The van der Waals surface area contributed by atoms with Gasteiger partial charge in [0.2, 0.25) is 5.91 Å². The molecule has 3 nitrogen and oxygen atoms in total. The summed E-state index contributed by atoms with van der Waals surface area (Å²) in [5, 5.41) is 9.79. The average Bonchev–Trinajstić information content (AvgIpc) is 2.64. The van der Waals surface area contributed by atoms with Crippen LogP contribution in [0, 0.1) is 0 Å². The molecule has 1 heterocycles. The van der Waals surface area contributed by atoms with Gasteiger partial charge >= 0.3 is 0 Å². The summed E-state index contributed by atoms with van der Waals surface area (Å²) in [6.07, 6.45) is 8.65. The maximum atomic E-state index is 11.8. The van der Waals surface area contributed by atoms with Crippen molar-refractivity contribution in [3.63, 3.8) is 0 Å². The van der Waals surface area contributed by atoms with Crippen LogP contribution in [-0.4, -0.2) is 34.6 Å². The molecule has 0 bridgehead atoms. The van der Waals surface area contributed by atoms with Crippen molar-refractivity contribution in [2.75, 3.05) is 13.1 Å². The number of likely N-dealkylation sites (tertiary alicyclic amines) is 1. The minimum atomic E-state index is -0.656. The summed E-state index contributed by atoms with van der Waals surface area (Å²) in [4.78, 5) is 13.6. The predicted octanol–water partition coefficient (Wildman–Crippen LogP) is 2.72. The van der Waals surface area contributed by atoms with E-state index in [2.05, 4.69) is 6.92 Å². The SMILES string of the molecule is CCCCCCCCC(=O)N1CCC(C)(O)C1. The van der Waals surface area contributed by atoms with Crippen LogP contribution < -0.4 is 0 Å². The van der Waals surface area contributed by atoms with E-state index in [1.807, 2.05) is 11.8 Å². The van der Waals surface area contributed by atoms with Gasteiger partial charge in [-0.05, 0) is 19.8 Å². The van der Waals surface area contributed by atoms with Gasteiger partial charge in [-0.2, -0.15) is 0 Å². The molecule has 1 saturated heterocycles. The first-order valence-corrected chi connectivity index (χ1v) is 7.05. The van der Waals surface area contributed by atoms with Gasteiger partial charge in [0.1, 0.15) is 0 Å². The lowest BCUT2D eigenvalue weighted by atomic mass is 10.1. The lowest BCUT2D eigenvalue weighted by Gasteiger charge is -2.18. The van der Waals surface area contributed by atoms with Crippen LogP contribution in [0.2, 0.25) is 0 Å². The maximum absolute atomic E-state index is 11.8. The van der Waals surface area contributed by atoms with E-state index in [1.165, 1.54) is 25.7 Å². The Morgan fingerprint density at radius 2 is 1.88 bits per heavy atom. The summed E-state index contributed by atoms with van der Waals surface area (Å²) in [5.74, 6) is 0.221. The zero-order chi connectivity index (χ0) is 12.7. The van der Waals surface area contributed by atoms with E-state index in [4.69, 9.17) is 0 Å². The largest absolute Gasteiger partial charge is 0.388 e. The first kappa shape index (κ1) is 14.5. The Kier molecular flexibility index (Phi) is 5.96. The van der Waals surface area contributed by atoms with Gasteiger partial charge in [0, 0.05) is 19.5 Å².